The number of rotatable bonds is 0. The molecule has 10 heavy (non-hydrogen) atoms. The van der Waals surface area contributed by atoms with Gasteiger partial charge in [-0.2, -0.15) is 0 Å². The second kappa shape index (κ2) is 1.65. The zero-order valence-electron chi connectivity index (χ0n) is 6.05. The molecule has 0 N–H and O–H groups in total. The van der Waals surface area contributed by atoms with Crippen LogP contribution in [0, 0.1) is 5.92 Å². The third kappa shape index (κ3) is 0.615. The van der Waals surface area contributed by atoms with Crippen molar-refractivity contribution in [3.8, 4) is 0 Å². The first-order chi connectivity index (χ1) is 4.93. The van der Waals surface area contributed by atoms with Gasteiger partial charge >= 0.3 is 0 Å². The Morgan fingerprint density at radius 1 is 1.50 bits per heavy atom. The van der Waals surface area contributed by atoms with Gasteiger partial charge in [-0.1, -0.05) is 11.6 Å². The first-order valence-corrected chi connectivity index (χ1v) is 4.29. The van der Waals surface area contributed by atoms with Gasteiger partial charge in [0.15, 0.2) is 0 Å². The Morgan fingerprint density at radius 2 is 2.50 bits per heavy atom. The second-order valence-electron chi connectivity index (χ2n) is 3.71. The molecule has 0 radical (unpaired) electrons. The zero-order valence-corrected chi connectivity index (χ0v) is 6.05. The minimum Gasteiger partial charge on any atom is -0.365 e. The third-order valence-electron chi connectivity index (χ3n) is 3.06. The lowest BCUT2D eigenvalue weighted by atomic mass is 9.90. The minimum absolute atomic E-state index is 0.546. The normalized spacial score (nSPS) is 49.6. The Balaban J connectivity index is 1.94. The van der Waals surface area contributed by atoms with Gasteiger partial charge in [0.25, 0.3) is 0 Å². The molecule has 3 rings (SSSR count). The molecule has 0 aromatic rings. The first-order valence-electron chi connectivity index (χ1n) is 4.29. The highest BCUT2D eigenvalue weighted by Crippen LogP contribution is 2.45. The number of fused-ring (bicyclic) bond motifs is 2. The van der Waals surface area contributed by atoms with E-state index < -0.39 is 0 Å². The molecule has 1 heteroatoms. The van der Waals surface area contributed by atoms with Gasteiger partial charge < -0.3 is 4.74 Å². The molecule has 3 atom stereocenters. The predicted octanol–water partition coefficient (Wildman–Crippen LogP) is 1.88. The highest BCUT2D eigenvalue weighted by molar-refractivity contribution is 5.22. The van der Waals surface area contributed by atoms with Crippen LogP contribution in [0.3, 0.4) is 0 Å². The summed E-state index contributed by atoms with van der Waals surface area (Å²) in [6.07, 6.45) is 9.10. The van der Waals surface area contributed by atoms with Crippen molar-refractivity contribution in [3.05, 3.63) is 11.6 Å². The Labute approximate surface area is 61.1 Å². The summed E-state index contributed by atoms with van der Waals surface area (Å²) >= 11 is 0. The molecule has 1 aliphatic heterocycles. The fourth-order valence-corrected chi connectivity index (χ4v) is 2.41. The molecule has 0 spiro atoms. The Kier molecular flexibility index (Phi) is 0.883. The van der Waals surface area contributed by atoms with Crippen LogP contribution < -0.4 is 0 Å². The molecule has 0 bridgehead atoms. The van der Waals surface area contributed by atoms with E-state index in [0.717, 1.165) is 5.92 Å². The Hall–Kier alpha value is -0.300. The van der Waals surface area contributed by atoms with E-state index in [1.807, 2.05) is 0 Å². The third-order valence-corrected chi connectivity index (χ3v) is 3.06. The summed E-state index contributed by atoms with van der Waals surface area (Å²) in [7, 11) is 0. The van der Waals surface area contributed by atoms with E-state index in [1.165, 1.54) is 25.7 Å². The average molecular weight is 136 g/mol. The predicted molar refractivity (Wildman–Crippen MR) is 38.7 cm³/mol. The quantitative estimate of drug-likeness (QED) is 0.366. The molecule has 1 heterocycles. The number of epoxide rings is 1. The lowest BCUT2D eigenvalue weighted by Gasteiger charge is -2.12. The summed E-state index contributed by atoms with van der Waals surface area (Å²) in [6.45, 7) is 0. The highest BCUT2D eigenvalue weighted by atomic mass is 16.6. The van der Waals surface area contributed by atoms with Crippen molar-refractivity contribution >= 4 is 0 Å². The van der Waals surface area contributed by atoms with Crippen molar-refractivity contribution < 1.29 is 4.74 Å². The lowest BCUT2D eigenvalue weighted by Crippen LogP contribution is -2.08. The largest absolute Gasteiger partial charge is 0.365 e. The van der Waals surface area contributed by atoms with Crippen molar-refractivity contribution in [2.24, 2.45) is 5.92 Å². The highest BCUT2D eigenvalue weighted by Gasteiger charge is 2.44. The van der Waals surface area contributed by atoms with E-state index in [2.05, 4.69) is 6.08 Å². The van der Waals surface area contributed by atoms with Gasteiger partial charge in [-0.05, 0) is 31.6 Å². The van der Waals surface area contributed by atoms with Crippen molar-refractivity contribution in [3.63, 3.8) is 0 Å². The lowest BCUT2D eigenvalue weighted by molar-refractivity contribution is 0.366. The maximum atomic E-state index is 5.44. The molecule has 2 fully saturated rings. The Bertz CT molecular complexity index is 195. The van der Waals surface area contributed by atoms with Gasteiger partial charge in [-0.25, -0.2) is 0 Å². The van der Waals surface area contributed by atoms with E-state index >= 15 is 0 Å². The number of hydrogen-bond donors (Lipinski definition) is 0. The summed E-state index contributed by atoms with van der Waals surface area (Å²) in [5.74, 6) is 0.920. The van der Waals surface area contributed by atoms with Crippen LogP contribution in [-0.4, -0.2) is 12.2 Å². The van der Waals surface area contributed by atoms with Gasteiger partial charge in [0, 0.05) is 0 Å². The molecular formula is C9H12O. The SMILES string of the molecule is C1=C2CCCC2CC2OC12. The van der Waals surface area contributed by atoms with E-state index in [-0.39, 0.29) is 0 Å². The van der Waals surface area contributed by atoms with E-state index in [0.29, 0.717) is 12.2 Å². The maximum Gasteiger partial charge on any atom is 0.103 e. The molecule has 0 aromatic carbocycles. The number of allylic oxidation sites excluding steroid dienone is 1. The van der Waals surface area contributed by atoms with Crippen molar-refractivity contribution in [1.82, 2.24) is 0 Å². The standard InChI is InChI=1S/C9H12O/c1-2-6-4-8-9(10-8)5-7(6)3-1/h4,7-9H,1-3,5H2. The molecule has 3 aliphatic rings. The van der Waals surface area contributed by atoms with Crippen LogP contribution in [0.5, 0.6) is 0 Å². The number of ether oxygens (including phenoxy) is 1. The monoisotopic (exact) mass is 136 g/mol. The van der Waals surface area contributed by atoms with E-state index in [9.17, 15) is 0 Å². The summed E-state index contributed by atoms with van der Waals surface area (Å²) in [5.41, 5.74) is 1.71. The van der Waals surface area contributed by atoms with Gasteiger partial charge in [-0.3, -0.25) is 0 Å². The number of hydrogen-bond acceptors (Lipinski definition) is 1. The fraction of sp³-hybridized carbons (Fsp3) is 0.778. The van der Waals surface area contributed by atoms with Crippen LogP contribution in [0.2, 0.25) is 0 Å². The van der Waals surface area contributed by atoms with E-state index in [1.54, 1.807) is 5.57 Å². The van der Waals surface area contributed by atoms with Crippen molar-refractivity contribution in [2.75, 3.05) is 0 Å². The van der Waals surface area contributed by atoms with Gasteiger partial charge in [0.2, 0.25) is 0 Å². The summed E-state index contributed by atoms with van der Waals surface area (Å²) < 4.78 is 5.44. The fourth-order valence-electron chi connectivity index (χ4n) is 2.41. The molecular weight excluding hydrogens is 124 g/mol. The molecule has 0 amide bonds. The van der Waals surface area contributed by atoms with Crippen LogP contribution in [0.1, 0.15) is 25.7 Å². The smallest absolute Gasteiger partial charge is 0.103 e. The van der Waals surface area contributed by atoms with Crippen molar-refractivity contribution in [1.29, 1.82) is 0 Å². The topological polar surface area (TPSA) is 12.5 Å². The molecule has 1 saturated heterocycles. The Morgan fingerprint density at radius 3 is 3.50 bits per heavy atom. The van der Waals surface area contributed by atoms with E-state index in [4.69, 9.17) is 4.74 Å². The molecule has 54 valence electrons. The van der Waals surface area contributed by atoms with Crippen LogP contribution in [0.15, 0.2) is 11.6 Å². The molecule has 1 nitrogen and oxygen atoms in total. The first kappa shape index (κ1) is 5.36. The van der Waals surface area contributed by atoms with Crippen LogP contribution in [0.25, 0.3) is 0 Å². The van der Waals surface area contributed by atoms with Gasteiger partial charge in [-0.15, -0.1) is 0 Å². The molecule has 3 unspecified atom stereocenters. The summed E-state index contributed by atoms with van der Waals surface area (Å²) in [6, 6.07) is 0. The van der Waals surface area contributed by atoms with Crippen molar-refractivity contribution in [2.45, 2.75) is 37.9 Å². The van der Waals surface area contributed by atoms with Gasteiger partial charge in [0.1, 0.15) is 6.10 Å². The molecule has 1 saturated carbocycles. The molecule has 2 aliphatic carbocycles. The maximum absolute atomic E-state index is 5.44. The summed E-state index contributed by atoms with van der Waals surface area (Å²) in [4.78, 5) is 0. The second-order valence-corrected chi connectivity index (χ2v) is 3.71. The van der Waals surface area contributed by atoms with Crippen LogP contribution in [-0.2, 0) is 4.74 Å². The van der Waals surface area contributed by atoms with Gasteiger partial charge in [0.05, 0.1) is 6.10 Å². The average Bonchev–Trinajstić information content (AvgIpc) is 2.52. The minimum atomic E-state index is 0.546. The molecule has 0 aromatic heterocycles. The van der Waals surface area contributed by atoms with Crippen LogP contribution in [0.4, 0.5) is 0 Å². The zero-order chi connectivity index (χ0) is 6.55. The summed E-state index contributed by atoms with van der Waals surface area (Å²) in [5, 5.41) is 0. The van der Waals surface area contributed by atoms with Crippen LogP contribution >= 0.6 is 0 Å².